The smallest absolute Gasteiger partial charge is 0.256 e. The Morgan fingerprint density at radius 2 is 1.62 bits per heavy atom. The molecular weight excluding hydrogens is 366 g/mol. The van der Waals surface area contributed by atoms with E-state index in [0.717, 1.165) is 22.8 Å². The quantitative estimate of drug-likeness (QED) is 0.606. The molecule has 29 heavy (non-hydrogen) atoms. The summed E-state index contributed by atoms with van der Waals surface area (Å²) in [6, 6.07) is 16.8. The first-order valence-corrected chi connectivity index (χ1v) is 9.52. The number of methoxy groups -OCH3 is 2. The minimum Gasteiger partial charge on any atom is -0.493 e. The number of carbonyl (C=O) groups is 1. The number of para-hydroxylation sites is 1. The number of rotatable bonds is 6. The van der Waals surface area contributed by atoms with Crippen LogP contribution in [0.1, 0.15) is 48.2 Å². The standard InChI is InChI=1S/C24H27NO4/c1-24(2,3)22-12-11-18(29-22)13-16-14-20(27-4)21(28-5)15-19(16)23(26)25-17-9-7-6-8-10-17/h6-12,14-15H,13H2,1-5H3,(H,25,26). The first-order chi connectivity index (χ1) is 13.8. The molecule has 2 aromatic carbocycles. The van der Waals surface area contributed by atoms with E-state index in [4.69, 9.17) is 13.9 Å². The van der Waals surface area contributed by atoms with Crippen LogP contribution >= 0.6 is 0 Å². The summed E-state index contributed by atoms with van der Waals surface area (Å²) in [6.45, 7) is 6.31. The van der Waals surface area contributed by atoms with Gasteiger partial charge in [-0.25, -0.2) is 0 Å². The van der Waals surface area contributed by atoms with Gasteiger partial charge < -0.3 is 19.2 Å². The lowest BCUT2D eigenvalue weighted by molar-refractivity contribution is 0.102. The van der Waals surface area contributed by atoms with E-state index in [1.165, 1.54) is 0 Å². The highest BCUT2D eigenvalue weighted by Crippen LogP contribution is 2.33. The van der Waals surface area contributed by atoms with Crippen LogP contribution < -0.4 is 14.8 Å². The van der Waals surface area contributed by atoms with Crippen LogP contribution in [0, 0.1) is 0 Å². The van der Waals surface area contributed by atoms with Gasteiger partial charge in [-0.15, -0.1) is 0 Å². The number of ether oxygens (including phenoxy) is 2. The maximum absolute atomic E-state index is 13.0. The summed E-state index contributed by atoms with van der Waals surface area (Å²) in [6.07, 6.45) is 0.466. The van der Waals surface area contributed by atoms with Gasteiger partial charge in [-0.3, -0.25) is 4.79 Å². The first kappa shape index (κ1) is 20.5. The predicted molar refractivity (Wildman–Crippen MR) is 114 cm³/mol. The van der Waals surface area contributed by atoms with Crippen LogP contribution in [0.3, 0.4) is 0 Å². The normalized spacial score (nSPS) is 11.2. The van der Waals surface area contributed by atoms with Crippen molar-refractivity contribution in [3.8, 4) is 11.5 Å². The highest BCUT2D eigenvalue weighted by Gasteiger charge is 2.21. The molecule has 1 heterocycles. The van der Waals surface area contributed by atoms with E-state index < -0.39 is 0 Å². The number of carbonyl (C=O) groups excluding carboxylic acids is 1. The van der Waals surface area contributed by atoms with Gasteiger partial charge in [0.2, 0.25) is 0 Å². The van der Waals surface area contributed by atoms with E-state index in [1.807, 2.05) is 48.5 Å². The molecule has 0 saturated carbocycles. The molecule has 1 aromatic heterocycles. The zero-order chi connectivity index (χ0) is 21.0. The Labute approximate surface area is 171 Å². The molecule has 0 atom stereocenters. The van der Waals surface area contributed by atoms with Gasteiger partial charge in [0.1, 0.15) is 11.5 Å². The van der Waals surface area contributed by atoms with Crippen LogP contribution in [0.25, 0.3) is 0 Å². The molecule has 0 fully saturated rings. The van der Waals surface area contributed by atoms with Gasteiger partial charge in [0.15, 0.2) is 11.5 Å². The molecule has 0 bridgehead atoms. The second-order valence-electron chi connectivity index (χ2n) is 7.88. The highest BCUT2D eigenvalue weighted by molar-refractivity contribution is 6.05. The van der Waals surface area contributed by atoms with Gasteiger partial charge in [-0.2, -0.15) is 0 Å². The second kappa shape index (κ2) is 8.43. The Morgan fingerprint density at radius 1 is 0.966 bits per heavy atom. The fraction of sp³-hybridized carbons (Fsp3) is 0.292. The van der Waals surface area contributed by atoms with Crippen LogP contribution in [0.4, 0.5) is 5.69 Å². The summed E-state index contributed by atoms with van der Waals surface area (Å²) >= 11 is 0. The van der Waals surface area contributed by atoms with Gasteiger partial charge >= 0.3 is 0 Å². The molecule has 0 radical (unpaired) electrons. The van der Waals surface area contributed by atoms with Gasteiger partial charge in [-0.05, 0) is 42.0 Å². The SMILES string of the molecule is COc1cc(Cc2ccc(C(C)(C)C)o2)c(C(=O)Nc2ccccc2)cc1OC. The summed E-state index contributed by atoms with van der Waals surface area (Å²) in [5.41, 5.74) is 1.96. The maximum Gasteiger partial charge on any atom is 0.256 e. The van der Waals surface area contributed by atoms with Gasteiger partial charge in [-0.1, -0.05) is 39.0 Å². The summed E-state index contributed by atoms with van der Waals surface area (Å²) in [7, 11) is 3.13. The molecule has 0 aliphatic rings. The van der Waals surface area contributed by atoms with Crippen LogP contribution in [-0.4, -0.2) is 20.1 Å². The average molecular weight is 393 g/mol. The lowest BCUT2D eigenvalue weighted by Crippen LogP contribution is -2.15. The van der Waals surface area contributed by atoms with Crippen molar-refractivity contribution in [2.24, 2.45) is 0 Å². The number of benzene rings is 2. The number of hydrogen-bond donors (Lipinski definition) is 1. The topological polar surface area (TPSA) is 60.7 Å². The summed E-state index contributed by atoms with van der Waals surface area (Å²) < 4.78 is 16.9. The zero-order valence-corrected chi connectivity index (χ0v) is 17.5. The van der Waals surface area contributed by atoms with Crippen LogP contribution in [0.5, 0.6) is 11.5 Å². The van der Waals surface area contributed by atoms with E-state index in [-0.39, 0.29) is 11.3 Å². The average Bonchev–Trinajstić information content (AvgIpc) is 3.17. The first-order valence-electron chi connectivity index (χ1n) is 9.52. The molecule has 0 spiro atoms. The van der Waals surface area contributed by atoms with Gasteiger partial charge in [0.05, 0.1) is 14.2 Å². The monoisotopic (exact) mass is 393 g/mol. The highest BCUT2D eigenvalue weighted by atomic mass is 16.5. The molecule has 152 valence electrons. The number of anilines is 1. The summed E-state index contributed by atoms with van der Waals surface area (Å²) in [5.74, 6) is 2.56. The zero-order valence-electron chi connectivity index (χ0n) is 17.5. The Hall–Kier alpha value is -3.21. The number of amides is 1. The van der Waals surface area contributed by atoms with E-state index in [0.29, 0.717) is 23.5 Å². The minimum atomic E-state index is -0.213. The number of furan rings is 1. The van der Waals surface area contributed by atoms with Crippen molar-refractivity contribution in [2.45, 2.75) is 32.6 Å². The van der Waals surface area contributed by atoms with Crippen molar-refractivity contribution in [3.05, 3.63) is 77.2 Å². The van der Waals surface area contributed by atoms with Gasteiger partial charge in [0.25, 0.3) is 5.91 Å². The number of nitrogens with one attached hydrogen (secondary N) is 1. The molecule has 1 amide bonds. The lowest BCUT2D eigenvalue weighted by Gasteiger charge is -2.16. The molecule has 0 unspecified atom stereocenters. The Kier molecular flexibility index (Phi) is 5.97. The van der Waals surface area contributed by atoms with Crippen LogP contribution in [0.2, 0.25) is 0 Å². The van der Waals surface area contributed by atoms with E-state index >= 15 is 0 Å². The Morgan fingerprint density at radius 3 is 2.21 bits per heavy atom. The third-order valence-corrected chi connectivity index (χ3v) is 4.65. The van der Waals surface area contributed by atoms with E-state index in [9.17, 15) is 4.79 Å². The van der Waals surface area contributed by atoms with Crippen LogP contribution in [0.15, 0.2) is 59.0 Å². The molecule has 5 heteroatoms. The van der Waals surface area contributed by atoms with Crippen molar-refractivity contribution in [1.29, 1.82) is 0 Å². The molecule has 1 N–H and O–H groups in total. The third kappa shape index (κ3) is 4.80. The molecule has 3 rings (SSSR count). The number of hydrogen-bond acceptors (Lipinski definition) is 4. The van der Waals surface area contributed by atoms with E-state index in [2.05, 4.69) is 26.1 Å². The largest absolute Gasteiger partial charge is 0.493 e. The fourth-order valence-corrected chi connectivity index (χ4v) is 3.06. The van der Waals surface area contributed by atoms with Crippen molar-refractivity contribution in [3.63, 3.8) is 0 Å². The molecule has 5 nitrogen and oxygen atoms in total. The second-order valence-corrected chi connectivity index (χ2v) is 7.88. The molecule has 0 aliphatic heterocycles. The third-order valence-electron chi connectivity index (χ3n) is 4.65. The Bertz CT molecular complexity index is 984. The molecule has 3 aromatic rings. The van der Waals surface area contributed by atoms with Crippen LogP contribution in [-0.2, 0) is 11.8 Å². The predicted octanol–water partition coefficient (Wildman–Crippen LogP) is 5.44. The summed E-state index contributed by atoms with van der Waals surface area (Å²) in [5, 5.41) is 2.94. The fourth-order valence-electron chi connectivity index (χ4n) is 3.06. The molecular formula is C24H27NO4. The Balaban J connectivity index is 1.97. The van der Waals surface area contributed by atoms with Crippen molar-refractivity contribution in [2.75, 3.05) is 19.5 Å². The van der Waals surface area contributed by atoms with Crippen molar-refractivity contribution < 1.29 is 18.7 Å². The minimum absolute atomic E-state index is 0.0800. The molecule has 0 saturated heterocycles. The molecule has 0 aliphatic carbocycles. The lowest BCUT2D eigenvalue weighted by atomic mass is 9.94. The maximum atomic E-state index is 13.0. The van der Waals surface area contributed by atoms with E-state index in [1.54, 1.807) is 20.3 Å². The van der Waals surface area contributed by atoms with Crippen molar-refractivity contribution in [1.82, 2.24) is 0 Å². The van der Waals surface area contributed by atoms with Gasteiger partial charge in [0, 0.05) is 23.1 Å². The summed E-state index contributed by atoms with van der Waals surface area (Å²) in [4.78, 5) is 13.0. The van der Waals surface area contributed by atoms with Crippen molar-refractivity contribution >= 4 is 11.6 Å².